The van der Waals surface area contributed by atoms with Crippen LogP contribution in [0.15, 0.2) is 24.4 Å². The summed E-state index contributed by atoms with van der Waals surface area (Å²) in [5.41, 5.74) is 1.63. The predicted octanol–water partition coefficient (Wildman–Crippen LogP) is 1.70. The van der Waals surface area contributed by atoms with Crippen LogP contribution in [0, 0.1) is 0 Å². The van der Waals surface area contributed by atoms with Crippen LogP contribution in [0.25, 0.3) is 11.0 Å². The lowest BCUT2D eigenvalue weighted by atomic mass is 10.1. The molecule has 0 bridgehead atoms. The van der Waals surface area contributed by atoms with Crippen molar-refractivity contribution in [2.75, 3.05) is 40.4 Å². The smallest absolute Gasteiger partial charge is 0.232 e. The average Bonchev–Trinajstić information content (AvgIpc) is 2.61. The van der Waals surface area contributed by atoms with Crippen molar-refractivity contribution in [2.24, 2.45) is 0 Å². The number of hydrogen-bond donors (Lipinski definition) is 1. The molecule has 2 aromatic rings. The number of likely N-dealkylation sites (tertiary alicyclic amines) is 1. The Kier molecular flexibility index (Phi) is 5.25. The highest BCUT2D eigenvalue weighted by Gasteiger charge is 2.17. The summed E-state index contributed by atoms with van der Waals surface area (Å²) in [5, 5.41) is 3.35. The first kappa shape index (κ1) is 16.0. The summed E-state index contributed by atoms with van der Waals surface area (Å²) >= 11 is 0. The number of methoxy groups -OCH3 is 1. The Morgan fingerprint density at radius 2 is 2.09 bits per heavy atom. The summed E-state index contributed by atoms with van der Waals surface area (Å²) < 4.78 is 11.0. The zero-order valence-corrected chi connectivity index (χ0v) is 13.8. The SMILES string of the molecule is CNC1CCN(CCOc2cnc3ccc(OC)cc3n2)CC1. The van der Waals surface area contributed by atoms with Gasteiger partial charge in [0.2, 0.25) is 5.88 Å². The minimum Gasteiger partial charge on any atom is -0.497 e. The lowest BCUT2D eigenvalue weighted by molar-refractivity contribution is 0.165. The maximum absolute atomic E-state index is 5.77. The Bertz CT molecular complexity index is 642. The first-order chi connectivity index (χ1) is 11.3. The summed E-state index contributed by atoms with van der Waals surface area (Å²) in [6.07, 6.45) is 4.08. The van der Waals surface area contributed by atoms with Crippen LogP contribution < -0.4 is 14.8 Å². The maximum atomic E-state index is 5.77. The molecule has 0 radical (unpaired) electrons. The van der Waals surface area contributed by atoms with Gasteiger partial charge in [0.15, 0.2) is 0 Å². The summed E-state index contributed by atoms with van der Waals surface area (Å²) in [6.45, 7) is 3.80. The van der Waals surface area contributed by atoms with Gasteiger partial charge in [-0.2, -0.15) is 0 Å². The quantitative estimate of drug-likeness (QED) is 0.875. The number of benzene rings is 1. The molecular weight excluding hydrogens is 292 g/mol. The van der Waals surface area contributed by atoms with Crippen molar-refractivity contribution in [2.45, 2.75) is 18.9 Å². The number of nitrogens with one attached hydrogen (secondary N) is 1. The second-order valence-electron chi connectivity index (χ2n) is 5.82. The third-order valence-corrected chi connectivity index (χ3v) is 4.38. The molecule has 1 aliphatic heterocycles. The highest BCUT2D eigenvalue weighted by Crippen LogP contribution is 2.19. The van der Waals surface area contributed by atoms with Crippen molar-refractivity contribution in [3.8, 4) is 11.6 Å². The summed E-state index contributed by atoms with van der Waals surface area (Å²) in [5.74, 6) is 1.34. The second kappa shape index (κ2) is 7.57. The van der Waals surface area contributed by atoms with E-state index >= 15 is 0 Å². The maximum Gasteiger partial charge on any atom is 0.232 e. The number of hydrogen-bond acceptors (Lipinski definition) is 6. The van der Waals surface area contributed by atoms with Crippen LogP contribution in [-0.4, -0.2) is 61.3 Å². The molecular formula is C17H24N4O2. The molecule has 1 aromatic heterocycles. The highest BCUT2D eigenvalue weighted by atomic mass is 16.5. The zero-order chi connectivity index (χ0) is 16.1. The molecule has 3 rings (SSSR count). The molecule has 0 saturated carbocycles. The fourth-order valence-corrected chi connectivity index (χ4v) is 2.90. The van der Waals surface area contributed by atoms with E-state index in [2.05, 4.69) is 20.2 Å². The fourth-order valence-electron chi connectivity index (χ4n) is 2.90. The van der Waals surface area contributed by atoms with E-state index in [0.29, 0.717) is 18.5 Å². The van der Waals surface area contributed by atoms with Gasteiger partial charge in [-0.25, -0.2) is 9.97 Å². The minimum atomic E-state index is 0.566. The summed E-state index contributed by atoms with van der Waals surface area (Å²) in [4.78, 5) is 11.3. The Morgan fingerprint density at radius 3 is 2.83 bits per heavy atom. The van der Waals surface area contributed by atoms with Crippen LogP contribution in [0.2, 0.25) is 0 Å². The van der Waals surface area contributed by atoms with Gasteiger partial charge in [-0.3, -0.25) is 4.90 Å². The van der Waals surface area contributed by atoms with Crippen molar-refractivity contribution in [3.63, 3.8) is 0 Å². The Labute approximate surface area is 136 Å². The van der Waals surface area contributed by atoms with Crippen LogP contribution in [0.4, 0.5) is 0 Å². The van der Waals surface area contributed by atoms with Crippen LogP contribution >= 0.6 is 0 Å². The van der Waals surface area contributed by atoms with Gasteiger partial charge in [0.25, 0.3) is 0 Å². The standard InChI is InChI=1S/C17H24N4O2/c1-18-13-5-7-21(8-6-13)9-10-23-17-12-19-15-4-3-14(22-2)11-16(15)20-17/h3-4,11-13,18H,5-10H2,1-2H3. The molecule has 23 heavy (non-hydrogen) atoms. The molecule has 124 valence electrons. The summed E-state index contributed by atoms with van der Waals surface area (Å²) in [7, 11) is 3.68. The number of fused-ring (bicyclic) bond motifs is 1. The molecule has 0 aliphatic carbocycles. The first-order valence-electron chi connectivity index (χ1n) is 8.11. The Balaban J connectivity index is 1.53. The van der Waals surface area contributed by atoms with E-state index in [4.69, 9.17) is 9.47 Å². The van der Waals surface area contributed by atoms with E-state index in [9.17, 15) is 0 Å². The third-order valence-electron chi connectivity index (χ3n) is 4.38. The molecule has 0 unspecified atom stereocenters. The van der Waals surface area contributed by atoms with Gasteiger partial charge in [0.05, 0.1) is 24.3 Å². The first-order valence-corrected chi connectivity index (χ1v) is 8.11. The number of ether oxygens (including phenoxy) is 2. The van der Waals surface area contributed by atoms with Gasteiger partial charge in [0, 0.05) is 18.7 Å². The van der Waals surface area contributed by atoms with E-state index in [1.807, 2.05) is 25.2 Å². The Hall–Kier alpha value is -1.92. The monoisotopic (exact) mass is 316 g/mol. The molecule has 1 fully saturated rings. The molecule has 0 atom stereocenters. The van der Waals surface area contributed by atoms with Gasteiger partial charge in [-0.15, -0.1) is 0 Å². The van der Waals surface area contributed by atoms with Crippen molar-refractivity contribution >= 4 is 11.0 Å². The van der Waals surface area contributed by atoms with E-state index in [0.717, 1.165) is 36.4 Å². The van der Waals surface area contributed by atoms with Gasteiger partial charge in [0.1, 0.15) is 12.4 Å². The van der Waals surface area contributed by atoms with Crippen molar-refractivity contribution in [3.05, 3.63) is 24.4 Å². The van der Waals surface area contributed by atoms with E-state index in [1.54, 1.807) is 13.3 Å². The van der Waals surface area contributed by atoms with Crippen LogP contribution in [0.5, 0.6) is 11.6 Å². The normalized spacial score (nSPS) is 16.6. The lowest BCUT2D eigenvalue weighted by Gasteiger charge is -2.31. The second-order valence-corrected chi connectivity index (χ2v) is 5.82. The topological polar surface area (TPSA) is 59.5 Å². The average molecular weight is 316 g/mol. The molecule has 0 spiro atoms. The van der Waals surface area contributed by atoms with E-state index < -0.39 is 0 Å². The summed E-state index contributed by atoms with van der Waals surface area (Å²) in [6, 6.07) is 6.31. The van der Waals surface area contributed by atoms with E-state index in [1.165, 1.54) is 12.8 Å². The predicted molar refractivity (Wildman–Crippen MR) is 90.1 cm³/mol. The van der Waals surface area contributed by atoms with Crippen molar-refractivity contribution < 1.29 is 9.47 Å². The Morgan fingerprint density at radius 1 is 1.26 bits per heavy atom. The molecule has 1 aromatic carbocycles. The number of nitrogens with zero attached hydrogens (tertiary/aromatic N) is 3. The highest BCUT2D eigenvalue weighted by molar-refractivity contribution is 5.76. The lowest BCUT2D eigenvalue weighted by Crippen LogP contribution is -2.42. The third kappa shape index (κ3) is 4.09. The van der Waals surface area contributed by atoms with Crippen LogP contribution in [-0.2, 0) is 0 Å². The molecule has 6 nitrogen and oxygen atoms in total. The number of piperidine rings is 1. The largest absolute Gasteiger partial charge is 0.497 e. The zero-order valence-electron chi connectivity index (χ0n) is 13.8. The van der Waals surface area contributed by atoms with Crippen LogP contribution in [0.1, 0.15) is 12.8 Å². The molecule has 0 amide bonds. The van der Waals surface area contributed by atoms with Gasteiger partial charge in [-0.05, 0) is 45.1 Å². The van der Waals surface area contributed by atoms with Gasteiger partial charge in [-0.1, -0.05) is 0 Å². The molecule has 1 aliphatic rings. The van der Waals surface area contributed by atoms with Gasteiger partial charge < -0.3 is 14.8 Å². The molecule has 2 heterocycles. The molecule has 6 heteroatoms. The fraction of sp³-hybridized carbons (Fsp3) is 0.529. The van der Waals surface area contributed by atoms with Crippen molar-refractivity contribution in [1.29, 1.82) is 0 Å². The molecule has 1 N–H and O–H groups in total. The number of rotatable bonds is 6. The van der Waals surface area contributed by atoms with Crippen molar-refractivity contribution in [1.82, 2.24) is 20.2 Å². The molecule has 1 saturated heterocycles. The van der Waals surface area contributed by atoms with E-state index in [-0.39, 0.29) is 0 Å². The van der Waals surface area contributed by atoms with Crippen LogP contribution in [0.3, 0.4) is 0 Å². The number of aromatic nitrogens is 2. The van der Waals surface area contributed by atoms with Gasteiger partial charge >= 0.3 is 0 Å². The minimum absolute atomic E-state index is 0.566.